The molecule has 0 saturated carbocycles. The smallest absolute Gasteiger partial charge is 0.414 e. The topological polar surface area (TPSA) is 125 Å². The summed E-state index contributed by atoms with van der Waals surface area (Å²) in [6.45, 7) is 6.98. The molecule has 2 aromatic carbocycles. The fraction of sp³-hybridized carbons (Fsp3) is 0.417. The summed E-state index contributed by atoms with van der Waals surface area (Å²) in [6.07, 6.45) is 0.937. The zero-order valence-electron chi connectivity index (χ0n) is 18.6. The number of aliphatic hydroxyl groups excluding tert-OH is 1. The van der Waals surface area contributed by atoms with Crippen LogP contribution in [0, 0.1) is 0 Å². The third kappa shape index (κ3) is 11.5. The summed E-state index contributed by atoms with van der Waals surface area (Å²) in [7, 11) is 0. The van der Waals surface area contributed by atoms with Gasteiger partial charge in [0.05, 0.1) is 13.2 Å². The van der Waals surface area contributed by atoms with Crippen molar-refractivity contribution >= 4 is 11.9 Å². The van der Waals surface area contributed by atoms with E-state index in [4.69, 9.17) is 29.3 Å². The second-order valence-electron chi connectivity index (χ2n) is 7.10. The number of aliphatic hydroxyl groups is 1. The number of carboxylic acid groups (broad SMARTS) is 2. The van der Waals surface area contributed by atoms with Gasteiger partial charge < -0.3 is 30.1 Å². The molecule has 0 heterocycles. The summed E-state index contributed by atoms with van der Waals surface area (Å²) in [5.74, 6) is -2.65. The van der Waals surface area contributed by atoms with Crippen molar-refractivity contribution in [2.75, 3.05) is 33.0 Å². The SMILES string of the molecule is CCOCCOc1ccc(C[C@@H](C)NCC(CO)c2ccccc2)cc1.O=C(O)C(=O)O. The van der Waals surface area contributed by atoms with Crippen molar-refractivity contribution in [3.05, 3.63) is 65.7 Å². The maximum Gasteiger partial charge on any atom is 0.414 e. The molecule has 2 rings (SSSR count). The first-order valence-electron chi connectivity index (χ1n) is 10.5. The third-order valence-corrected chi connectivity index (χ3v) is 4.55. The van der Waals surface area contributed by atoms with Crippen LogP contribution in [0.25, 0.3) is 0 Å². The van der Waals surface area contributed by atoms with E-state index in [1.165, 1.54) is 11.1 Å². The van der Waals surface area contributed by atoms with E-state index in [1.54, 1.807) is 0 Å². The summed E-state index contributed by atoms with van der Waals surface area (Å²) in [5.41, 5.74) is 2.44. The van der Waals surface area contributed by atoms with E-state index in [2.05, 4.69) is 36.5 Å². The Kier molecular flexibility index (Phi) is 13.4. The number of carbonyl (C=O) groups is 2. The summed E-state index contributed by atoms with van der Waals surface area (Å²) in [5, 5.41) is 28.0. The van der Waals surface area contributed by atoms with Crippen LogP contribution < -0.4 is 10.1 Å². The predicted molar refractivity (Wildman–Crippen MR) is 121 cm³/mol. The molecule has 0 saturated heterocycles. The lowest BCUT2D eigenvalue weighted by atomic mass is 9.99. The molecular weight excluding hydrogens is 414 g/mol. The highest BCUT2D eigenvalue weighted by molar-refractivity contribution is 6.27. The van der Waals surface area contributed by atoms with Gasteiger partial charge in [0.1, 0.15) is 12.4 Å². The van der Waals surface area contributed by atoms with Gasteiger partial charge in [0.2, 0.25) is 0 Å². The molecule has 0 radical (unpaired) electrons. The van der Waals surface area contributed by atoms with E-state index < -0.39 is 11.9 Å². The second-order valence-corrected chi connectivity index (χ2v) is 7.10. The first-order valence-corrected chi connectivity index (χ1v) is 10.5. The molecule has 0 aliphatic rings. The molecule has 0 fully saturated rings. The first-order chi connectivity index (χ1) is 15.4. The molecule has 32 heavy (non-hydrogen) atoms. The lowest BCUT2D eigenvalue weighted by molar-refractivity contribution is -0.159. The monoisotopic (exact) mass is 447 g/mol. The van der Waals surface area contributed by atoms with Crippen LogP contribution in [0.5, 0.6) is 5.75 Å². The van der Waals surface area contributed by atoms with Crippen molar-refractivity contribution in [3.8, 4) is 5.75 Å². The summed E-state index contributed by atoms with van der Waals surface area (Å²) < 4.78 is 10.9. The van der Waals surface area contributed by atoms with Gasteiger partial charge in [-0.15, -0.1) is 0 Å². The number of ether oxygens (including phenoxy) is 2. The highest BCUT2D eigenvalue weighted by atomic mass is 16.5. The van der Waals surface area contributed by atoms with Crippen molar-refractivity contribution in [1.82, 2.24) is 5.32 Å². The lowest BCUT2D eigenvalue weighted by Crippen LogP contribution is -2.33. The van der Waals surface area contributed by atoms with Crippen molar-refractivity contribution < 1.29 is 34.4 Å². The van der Waals surface area contributed by atoms with Crippen molar-refractivity contribution in [1.29, 1.82) is 0 Å². The minimum Gasteiger partial charge on any atom is -0.491 e. The van der Waals surface area contributed by atoms with Crippen LogP contribution in [0.4, 0.5) is 0 Å². The van der Waals surface area contributed by atoms with Crippen LogP contribution >= 0.6 is 0 Å². The van der Waals surface area contributed by atoms with Crippen molar-refractivity contribution in [3.63, 3.8) is 0 Å². The van der Waals surface area contributed by atoms with E-state index in [0.29, 0.717) is 25.9 Å². The Balaban J connectivity index is 0.000000751. The van der Waals surface area contributed by atoms with Gasteiger partial charge in [-0.05, 0) is 43.5 Å². The molecule has 176 valence electrons. The van der Waals surface area contributed by atoms with Gasteiger partial charge in [0.25, 0.3) is 0 Å². The molecule has 1 unspecified atom stereocenters. The number of rotatable bonds is 12. The zero-order chi connectivity index (χ0) is 23.8. The van der Waals surface area contributed by atoms with Crippen LogP contribution in [0.2, 0.25) is 0 Å². The maximum absolute atomic E-state index is 9.65. The zero-order valence-corrected chi connectivity index (χ0v) is 18.6. The number of aliphatic carboxylic acids is 2. The van der Waals surface area contributed by atoms with Crippen molar-refractivity contribution in [2.24, 2.45) is 0 Å². The third-order valence-electron chi connectivity index (χ3n) is 4.55. The molecule has 8 nitrogen and oxygen atoms in total. The Labute approximate surface area is 188 Å². The predicted octanol–water partition coefficient (Wildman–Crippen LogP) is 2.55. The first kappa shape index (κ1) is 27.1. The van der Waals surface area contributed by atoms with Gasteiger partial charge in [-0.3, -0.25) is 0 Å². The van der Waals surface area contributed by atoms with Gasteiger partial charge in [-0.25, -0.2) is 9.59 Å². The van der Waals surface area contributed by atoms with Crippen LogP contribution in [0.1, 0.15) is 30.9 Å². The van der Waals surface area contributed by atoms with Crippen LogP contribution in [0.3, 0.4) is 0 Å². The average Bonchev–Trinajstić information content (AvgIpc) is 2.79. The average molecular weight is 448 g/mol. The van der Waals surface area contributed by atoms with Crippen molar-refractivity contribution in [2.45, 2.75) is 32.2 Å². The Bertz CT molecular complexity index is 769. The van der Waals surface area contributed by atoms with Crippen LogP contribution in [-0.2, 0) is 20.7 Å². The quantitative estimate of drug-likeness (QED) is 0.289. The Morgan fingerprint density at radius 3 is 2.12 bits per heavy atom. The molecule has 4 N–H and O–H groups in total. The Morgan fingerprint density at radius 2 is 1.59 bits per heavy atom. The minimum atomic E-state index is -1.82. The molecular formula is C24H33NO7. The highest BCUT2D eigenvalue weighted by Crippen LogP contribution is 2.16. The normalized spacial score (nSPS) is 12.2. The van der Waals surface area contributed by atoms with Crippen LogP contribution in [0.15, 0.2) is 54.6 Å². The van der Waals surface area contributed by atoms with E-state index in [-0.39, 0.29) is 12.5 Å². The maximum atomic E-state index is 9.65. The molecule has 8 heteroatoms. The number of hydrogen-bond acceptors (Lipinski definition) is 6. The van der Waals surface area contributed by atoms with Gasteiger partial charge in [-0.2, -0.15) is 0 Å². The van der Waals surface area contributed by atoms with E-state index in [1.807, 2.05) is 37.3 Å². The molecule has 0 spiro atoms. The number of nitrogens with one attached hydrogen (secondary N) is 1. The number of hydrogen-bond donors (Lipinski definition) is 4. The summed E-state index contributed by atoms with van der Waals surface area (Å²) >= 11 is 0. The lowest BCUT2D eigenvalue weighted by Gasteiger charge is -2.20. The van der Waals surface area contributed by atoms with Gasteiger partial charge in [0, 0.05) is 25.1 Å². The summed E-state index contributed by atoms with van der Waals surface area (Å²) in [6, 6.07) is 18.7. The Hall–Kier alpha value is -2.94. The number of benzene rings is 2. The molecule has 2 aromatic rings. The van der Waals surface area contributed by atoms with Gasteiger partial charge >= 0.3 is 11.9 Å². The minimum absolute atomic E-state index is 0.125. The molecule has 0 aliphatic carbocycles. The fourth-order valence-electron chi connectivity index (χ4n) is 2.87. The highest BCUT2D eigenvalue weighted by Gasteiger charge is 2.12. The van der Waals surface area contributed by atoms with E-state index in [9.17, 15) is 5.11 Å². The molecule has 0 amide bonds. The molecule has 0 bridgehead atoms. The molecule has 0 aliphatic heterocycles. The van der Waals surface area contributed by atoms with Gasteiger partial charge in [0.15, 0.2) is 0 Å². The van der Waals surface area contributed by atoms with Gasteiger partial charge in [-0.1, -0.05) is 42.5 Å². The van der Waals surface area contributed by atoms with E-state index in [0.717, 1.165) is 18.7 Å². The van der Waals surface area contributed by atoms with E-state index >= 15 is 0 Å². The Morgan fingerprint density at radius 1 is 0.969 bits per heavy atom. The standard InChI is InChI=1S/C22H31NO3.C2H2O4/c1-3-25-13-14-26-22-11-9-19(10-12-22)15-18(2)23-16-21(17-24)20-7-5-4-6-8-20;3-1(4)2(5)6/h4-12,18,21,23-24H,3,13-17H2,1-2H3;(H,3,4)(H,5,6)/t18-,21?;/m1./s1. The largest absolute Gasteiger partial charge is 0.491 e. The fourth-order valence-corrected chi connectivity index (χ4v) is 2.87. The number of carboxylic acids is 2. The van der Waals surface area contributed by atoms with Crippen LogP contribution in [-0.4, -0.2) is 66.3 Å². The second kappa shape index (κ2) is 15.8. The molecule has 2 atom stereocenters. The molecule has 0 aromatic heterocycles. The summed E-state index contributed by atoms with van der Waals surface area (Å²) in [4.78, 5) is 18.2.